The van der Waals surface area contributed by atoms with Crippen molar-refractivity contribution < 1.29 is 9.90 Å². The van der Waals surface area contributed by atoms with Crippen LogP contribution < -0.4 is 0 Å². The van der Waals surface area contributed by atoms with Crippen LogP contribution in [0.25, 0.3) is 0 Å². The van der Waals surface area contributed by atoms with Crippen molar-refractivity contribution in [2.75, 3.05) is 0 Å². The molecule has 0 spiro atoms. The van der Waals surface area contributed by atoms with Gasteiger partial charge in [-0.2, -0.15) is 5.10 Å². The minimum absolute atomic E-state index is 0.162. The fourth-order valence-corrected chi connectivity index (χ4v) is 1.33. The van der Waals surface area contributed by atoms with Gasteiger partial charge in [-0.15, -0.1) is 0 Å². The van der Waals surface area contributed by atoms with E-state index in [-0.39, 0.29) is 12.1 Å². The van der Waals surface area contributed by atoms with E-state index >= 15 is 0 Å². The van der Waals surface area contributed by atoms with Gasteiger partial charge in [0.15, 0.2) is 0 Å². The summed E-state index contributed by atoms with van der Waals surface area (Å²) < 4.78 is 1.63. The highest BCUT2D eigenvalue weighted by Crippen LogP contribution is 2.38. The Kier molecular flexibility index (Phi) is 2.11. The van der Waals surface area contributed by atoms with E-state index in [0.29, 0.717) is 5.92 Å². The molecule has 4 heteroatoms. The lowest BCUT2D eigenvalue weighted by Crippen LogP contribution is -2.08. The van der Waals surface area contributed by atoms with Crippen LogP contribution in [0.3, 0.4) is 0 Å². The number of aromatic nitrogens is 2. The van der Waals surface area contributed by atoms with E-state index in [0.717, 1.165) is 5.69 Å². The van der Waals surface area contributed by atoms with Crippen LogP contribution in [0.15, 0.2) is 24.4 Å². The normalized spacial score (nSPS) is 15.4. The first-order valence-corrected chi connectivity index (χ1v) is 4.61. The molecule has 0 saturated heterocycles. The van der Waals surface area contributed by atoms with Crippen LogP contribution >= 0.6 is 0 Å². The molecule has 1 aliphatic carbocycles. The minimum atomic E-state index is -0.964. The fourth-order valence-electron chi connectivity index (χ4n) is 1.33. The molecule has 2 rings (SSSR count). The molecule has 14 heavy (non-hydrogen) atoms. The van der Waals surface area contributed by atoms with E-state index in [1.807, 2.05) is 12.3 Å². The summed E-state index contributed by atoms with van der Waals surface area (Å²) in [5.41, 5.74) is 1.23. The second-order valence-corrected chi connectivity index (χ2v) is 3.62. The van der Waals surface area contributed by atoms with Gasteiger partial charge in [-0.25, -0.2) is 4.79 Å². The van der Waals surface area contributed by atoms with Gasteiger partial charge in [-0.1, -0.05) is 6.58 Å². The zero-order valence-corrected chi connectivity index (χ0v) is 7.81. The first-order chi connectivity index (χ1) is 6.66. The molecule has 1 saturated carbocycles. The van der Waals surface area contributed by atoms with Gasteiger partial charge < -0.3 is 5.11 Å². The summed E-state index contributed by atoms with van der Waals surface area (Å²) in [5, 5.41) is 12.9. The Labute approximate surface area is 81.9 Å². The Morgan fingerprint density at radius 3 is 3.00 bits per heavy atom. The number of hydrogen-bond acceptors (Lipinski definition) is 2. The number of carboxylic acids is 1. The largest absolute Gasteiger partial charge is 0.478 e. The molecular formula is C10H12N2O2. The average Bonchev–Trinajstić information content (AvgIpc) is 2.88. The van der Waals surface area contributed by atoms with Gasteiger partial charge in [0.1, 0.15) is 0 Å². The van der Waals surface area contributed by atoms with E-state index in [2.05, 4.69) is 11.7 Å². The lowest BCUT2D eigenvalue weighted by molar-refractivity contribution is -0.132. The molecule has 0 radical (unpaired) electrons. The van der Waals surface area contributed by atoms with Crippen molar-refractivity contribution in [3.63, 3.8) is 0 Å². The predicted molar refractivity (Wildman–Crippen MR) is 51.0 cm³/mol. The lowest BCUT2D eigenvalue weighted by atomic mass is 10.3. The summed E-state index contributed by atoms with van der Waals surface area (Å²) in [7, 11) is 0. The fraction of sp³-hybridized carbons (Fsp3) is 0.400. The molecule has 0 aliphatic heterocycles. The molecule has 1 heterocycles. The zero-order valence-electron chi connectivity index (χ0n) is 7.81. The number of carboxylic acid groups (broad SMARTS) is 1. The Balaban J connectivity index is 2.02. The quantitative estimate of drug-likeness (QED) is 0.733. The number of aliphatic carboxylic acids is 1. The Hall–Kier alpha value is -1.58. The summed E-state index contributed by atoms with van der Waals surface area (Å²) >= 11 is 0. The SMILES string of the molecule is C=C(Cn1ccc(C2CC2)n1)C(=O)O. The highest BCUT2D eigenvalue weighted by Gasteiger charge is 2.25. The highest BCUT2D eigenvalue weighted by atomic mass is 16.4. The third-order valence-electron chi connectivity index (χ3n) is 2.31. The number of hydrogen-bond donors (Lipinski definition) is 1. The molecule has 0 bridgehead atoms. The Morgan fingerprint density at radius 1 is 1.71 bits per heavy atom. The summed E-state index contributed by atoms with van der Waals surface area (Å²) in [6, 6.07) is 1.95. The second-order valence-electron chi connectivity index (χ2n) is 3.62. The third kappa shape index (κ3) is 1.84. The lowest BCUT2D eigenvalue weighted by Gasteiger charge is -1.99. The topological polar surface area (TPSA) is 55.1 Å². The van der Waals surface area contributed by atoms with Crippen molar-refractivity contribution in [2.24, 2.45) is 0 Å². The van der Waals surface area contributed by atoms with Crippen LogP contribution in [0, 0.1) is 0 Å². The van der Waals surface area contributed by atoms with Crippen LogP contribution in [0.4, 0.5) is 0 Å². The second kappa shape index (κ2) is 3.29. The molecule has 1 aromatic heterocycles. The summed E-state index contributed by atoms with van der Waals surface area (Å²) in [6.45, 7) is 3.72. The molecular weight excluding hydrogens is 180 g/mol. The van der Waals surface area contributed by atoms with E-state index in [9.17, 15) is 4.79 Å². The van der Waals surface area contributed by atoms with E-state index in [1.54, 1.807) is 4.68 Å². The summed E-state index contributed by atoms with van der Waals surface area (Å²) in [5.74, 6) is -0.359. The maximum atomic E-state index is 10.5. The molecule has 0 aromatic carbocycles. The van der Waals surface area contributed by atoms with E-state index in [1.165, 1.54) is 12.8 Å². The highest BCUT2D eigenvalue weighted by molar-refractivity contribution is 5.85. The molecule has 0 amide bonds. The first-order valence-electron chi connectivity index (χ1n) is 4.61. The monoisotopic (exact) mass is 192 g/mol. The van der Waals surface area contributed by atoms with Crippen molar-refractivity contribution in [3.8, 4) is 0 Å². The van der Waals surface area contributed by atoms with Crippen molar-refractivity contribution in [1.82, 2.24) is 9.78 Å². The molecule has 1 N–H and O–H groups in total. The Morgan fingerprint density at radius 2 is 2.43 bits per heavy atom. The third-order valence-corrected chi connectivity index (χ3v) is 2.31. The van der Waals surface area contributed by atoms with Crippen molar-refractivity contribution in [1.29, 1.82) is 0 Å². The molecule has 0 unspecified atom stereocenters. The molecule has 4 nitrogen and oxygen atoms in total. The van der Waals surface area contributed by atoms with Crippen LogP contribution in [-0.4, -0.2) is 20.9 Å². The van der Waals surface area contributed by atoms with Crippen molar-refractivity contribution in [2.45, 2.75) is 25.3 Å². The van der Waals surface area contributed by atoms with Crippen LogP contribution in [0.1, 0.15) is 24.5 Å². The maximum absolute atomic E-state index is 10.5. The van der Waals surface area contributed by atoms with E-state index < -0.39 is 5.97 Å². The molecule has 1 aliphatic rings. The van der Waals surface area contributed by atoms with Crippen molar-refractivity contribution >= 4 is 5.97 Å². The standard InChI is InChI=1S/C10H12N2O2/c1-7(10(13)14)6-12-5-4-9(11-12)8-2-3-8/h4-5,8H,1-3,6H2,(H,13,14). The molecule has 1 fully saturated rings. The van der Waals surface area contributed by atoms with Gasteiger partial charge >= 0.3 is 5.97 Å². The van der Waals surface area contributed by atoms with Gasteiger partial charge in [0, 0.05) is 12.1 Å². The smallest absolute Gasteiger partial charge is 0.332 e. The number of nitrogens with zero attached hydrogens (tertiary/aromatic N) is 2. The molecule has 0 atom stereocenters. The van der Waals surface area contributed by atoms with Crippen LogP contribution in [0.2, 0.25) is 0 Å². The number of carbonyl (C=O) groups is 1. The van der Waals surface area contributed by atoms with Crippen molar-refractivity contribution in [3.05, 3.63) is 30.1 Å². The van der Waals surface area contributed by atoms with E-state index in [4.69, 9.17) is 5.11 Å². The number of rotatable bonds is 4. The molecule has 74 valence electrons. The van der Waals surface area contributed by atoms with Gasteiger partial charge in [-0.3, -0.25) is 4.68 Å². The van der Waals surface area contributed by atoms with Gasteiger partial charge in [-0.05, 0) is 18.9 Å². The molecule has 1 aromatic rings. The maximum Gasteiger partial charge on any atom is 0.332 e. The van der Waals surface area contributed by atoms with Gasteiger partial charge in [0.25, 0.3) is 0 Å². The predicted octanol–water partition coefficient (Wildman–Crippen LogP) is 1.40. The Bertz CT molecular complexity index is 377. The minimum Gasteiger partial charge on any atom is -0.478 e. The average molecular weight is 192 g/mol. The van der Waals surface area contributed by atoms with Crippen LogP contribution in [-0.2, 0) is 11.3 Å². The zero-order chi connectivity index (χ0) is 10.1. The van der Waals surface area contributed by atoms with Crippen LogP contribution in [0.5, 0.6) is 0 Å². The summed E-state index contributed by atoms with van der Waals surface area (Å²) in [4.78, 5) is 10.5. The van der Waals surface area contributed by atoms with Gasteiger partial charge in [0.2, 0.25) is 0 Å². The summed E-state index contributed by atoms with van der Waals surface area (Å²) in [6.07, 6.45) is 4.22. The van der Waals surface area contributed by atoms with Gasteiger partial charge in [0.05, 0.1) is 17.8 Å². The first kappa shape index (κ1) is 8.99.